The molecule has 0 radical (unpaired) electrons. The molecule has 3 fully saturated rings. The number of ketones is 1. The van der Waals surface area contributed by atoms with Gasteiger partial charge in [-0.05, 0) is 55.3 Å². The Morgan fingerprint density at radius 2 is 1.86 bits per heavy atom. The predicted octanol–water partition coefficient (Wildman–Crippen LogP) is 2.11. The van der Waals surface area contributed by atoms with E-state index in [0.717, 1.165) is 12.8 Å². The Morgan fingerprint density at radius 1 is 1.18 bits per heavy atom. The van der Waals surface area contributed by atoms with Crippen molar-refractivity contribution in [2.45, 2.75) is 70.5 Å². The fraction of sp³-hybridized carbons (Fsp3) is 0.889. The largest absolute Gasteiger partial charge is 0.389 e. The minimum atomic E-state index is -1.69. The molecule has 0 heterocycles. The minimum Gasteiger partial charge on any atom is -0.389 e. The number of hydrogen-bond donors (Lipinski definition) is 2. The van der Waals surface area contributed by atoms with Crippen molar-refractivity contribution in [3.05, 3.63) is 0 Å². The van der Waals surface area contributed by atoms with Crippen LogP contribution in [0.4, 0.5) is 0 Å². The highest BCUT2D eigenvalue weighted by molar-refractivity contribution is 5.90. The molecular formula is C18H28O4. The molecule has 3 saturated carbocycles. The Kier molecular flexibility index (Phi) is 3.57. The molecule has 0 aromatic carbocycles. The van der Waals surface area contributed by atoms with Crippen LogP contribution in [0.5, 0.6) is 0 Å². The van der Waals surface area contributed by atoms with E-state index in [1.165, 1.54) is 0 Å². The zero-order valence-electron chi connectivity index (χ0n) is 13.8. The Balaban J connectivity index is 2.02. The summed E-state index contributed by atoms with van der Waals surface area (Å²) in [6.45, 7) is 6.17. The third-order valence-electron chi connectivity index (χ3n) is 7.14. The van der Waals surface area contributed by atoms with Crippen molar-refractivity contribution >= 4 is 12.1 Å². The summed E-state index contributed by atoms with van der Waals surface area (Å²) in [5, 5.41) is 22.4. The van der Waals surface area contributed by atoms with Gasteiger partial charge < -0.3 is 15.0 Å². The second-order valence-corrected chi connectivity index (χ2v) is 8.30. The average Bonchev–Trinajstić information content (AvgIpc) is 3.05. The summed E-state index contributed by atoms with van der Waals surface area (Å²) in [5.74, 6) is -0.255. The van der Waals surface area contributed by atoms with Gasteiger partial charge in [-0.3, -0.25) is 4.79 Å². The van der Waals surface area contributed by atoms with Crippen LogP contribution in [0.15, 0.2) is 0 Å². The lowest BCUT2D eigenvalue weighted by Gasteiger charge is -2.46. The zero-order valence-corrected chi connectivity index (χ0v) is 13.8. The molecule has 3 aliphatic carbocycles. The number of Topliss-reactive ketones (excluding diaryl/α,β-unsaturated/α-hetero) is 1. The lowest BCUT2D eigenvalue weighted by atomic mass is 9.63. The van der Waals surface area contributed by atoms with Crippen LogP contribution in [0.2, 0.25) is 0 Å². The highest BCUT2D eigenvalue weighted by atomic mass is 16.3. The third kappa shape index (κ3) is 1.89. The lowest BCUT2D eigenvalue weighted by Crippen LogP contribution is -2.59. The smallest absolute Gasteiger partial charge is 0.164 e. The van der Waals surface area contributed by atoms with Crippen LogP contribution < -0.4 is 0 Å². The predicted molar refractivity (Wildman–Crippen MR) is 82.1 cm³/mol. The van der Waals surface area contributed by atoms with E-state index in [-0.39, 0.29) is 23.5 Å². The van der Waals surface area contributed by atoms with Gasteiger partial charge in [-0.25, -0.2) is 0 Å². The normalized spacial score (nSPS) is 49.5. The van der Waals surface area contributed by atoms with E-state index in [9.17, 15) is 19.8 Å². The van der Waals surface area contributed by atoms with E-state index in [4.69, 9.17) is 0 Å². The van der Waals surface area contributed by atoms with E-state index in [2.05, 4.69) is 13.8 Å². The molecule has 0 aromatic rings. The van der Waals surface area contributed by atoms with Crippen molar-refractivity contribution in [1.82, 2.24) is 0 Å². The second-order valence-electron chi connectivity index (χ2n) is 8.30. The minimum absolute atomic E-state index is 0.0233. The van der Waals surface area contributed by atoms with Gasteiger partial charge in [0.15, 0.2) is 5.78 Å². The van der Waals surface area contributed by atoms with Crippen LogP contribution in [-0.2, 0) is 9.59 Å². The molecular weight excluding hydrogens is 280 g/mol. The first-order valence-electron chi connectivity index (χ1n) is 8.66. The van der Waals surface area contributed by atoms with E-state index < -0.39 is 17.1 Å². The molecule has 0 amide bonds. The van der Waals surface area contributed by atoms with E-state index in [1.54, 1.807) is 6.92 Å². The Hall–Kier alpha value is -0.740. The van der Waals surface area contributed by atoms with Crippen LogP contribution >= 0.6 is 0 Å². The molecule has 3 aliphatic rings. The molecule has 0 aliphatic heterocycles. The second kappa shape index (κ2) is 4.88. The lowest BCUT2D eigenvalue weighted by molar-refractivity contribution is -0.175. The average molecular weight is 308 g/mol. The summed E-state index contributed by atoms with van der Waals surface area (Å²) < 4.78 is 0. The molecule has 124 valence electrons. The molecule has 4 heteroatoms. The molecule has 6 atom stereocenters. The molecule has 0 saturated heterocycles. The topological polar surface area (TPSA) is 74.6 Å². The standard InChI is InChI=1S/C18H28O4/c1-4-14(20)18(22)8-5-6-12-15-11(16(15,2)3)7-9-17(12,21)13(18)10-19/h10-13,15,21-22H,4-9H2,1-3H3/t11-,12+,13+,15-,17-,18-/m1/s1. The van der Waals surface area contributed by atoms with Crippen molar-refractivity contribution in [3.63, 3.8) is 0 Å². The number of carbonyl (C=O) groups excluding carboxylic acids is 2. The Morgan fingerprint density at radius 3 is 2.45 bits per heavy atom. The molecule has 0 unspecified atom stereocenters. The van der Waals surface area contributed by atoms with E-state index in [1.807, 2.05) is 0 Å². The van der Waals surface area contributed by atoms with Crippen molar-refractivity contribution in [2.75, 3.05) is 0 Å². The van der Waals surface area contributed by atoms with E-state index in [0.29, 0.717) is 37.4 Å². The quantitative estimate of drug-likeness (QED) is 0.783. The van der Waals surface area contributed by atoms with Crippen LogP contribution in [0, 0.1) is 29.1 Å². The maximum absolute atomic E-state index is 12.3. The van der Waals surface area contributed by atoms with Crippen molar-refractivity contribution in [3.8, 4) is 0 Å². The number of carbonyl (C=O) groups is 2. The number of hydrogen-bond acceptors (Lipinski definition) is 4. The fourth-order valence-corrected chi connectivity index (χ4v) is 5.85. The first-order valence-corrected chi connectivity index (χ1v) is 8.66. The SMILES string of the molecule is CCC(=O)[C@@]1(O)CCC[C@H]2[C@H]3[C@@H](CC[C@]2(O)[C@@H]1C=O)C3(C)C. The van der Waals surface area contributed by atoms with Gasteiger partial charge in [0.1, 0.15) is 11.9 Å². The maximum Gasteiger partial charge on any atom is 0.164 e. The highest BCUT2D eigenvalue weighted by Gasteiger charge is 2.70. The van der Waals surface area contributed by atoms with Gasteiger partial charge in [-0.1, -0.05) is 20.8 Å². The van der Waals surface area contributed by atoms with Crippen molar-refractivity contribution < 1.29 is 19.8 Å². The van der Waals surface area contributed by atoms with Crippen LogP contribution in [0.25, 0.3) is 0 Å². The van der Waals surface area contributed by atoms with Gasteiger partial charge in [0.25, 0.3) is 0 Å². The summed E-state index contributed by atoms with van der Waals surface area (Å²) in [4.78, 5) is 24.1. The highest BCUT2D eigenvalue weighted by Crippen LogP contribution is 2.71. The molecule has 0 aromatic heterocycles. The van der Waals surface area contributed by atoms with Gasteiger partial charge in [0.05, 0.1) is 11.5 Å². The fourth-order valence-electron chi connectivity index (χ4n) is 5.85. The number of rotatable bonds is 3. The van der Waals surface area contributed by atoms with Crippen molar-refractivity contribution in [1.29, 1.82) is 0 Å². The maximum atomic E-state index is 12.3. The zero-order chi connectivity index (χ0) is 16.3. The van der Waals surface area contributed by atoms with Gasteiger partial charge >= 0.3 is 0 Å². The van der Waals surface area contributed by atoms with Gasteiger partial charge in [-0.2, -0.15) is 0 Å². The van der Waals surface area contributed by atoms with Gasteiger partial charge in [0, 0.05) is 6.42 Å². The van der Waals surface area contributed by atoms with Gasteiger partial charge in [0.2, 0.25) is 0 Å². The third-order valence-corrected chi connectivity index (χ3v) is 7.14. The monoisotopic (exact) mass is 308 g/mol. The summed E-state index contributed by atoms with van der Waals surface area (Å²) in [7, 11) is 0. The van der Waals surface area contributed by atoms with Gasteiger partial charge in [-0.15, -0.1) is 0 Å². The van der Waals surface area contributed by atoms with Crippen LogP contribution in [0.3, 0.4) is 0 Å². The molecule has 0 spiro atoms. The number of fused-ring (bicyclic) bond motifs is 3. The first kappa shape index (κ1) is 16.1. The summed E-state index contributed by atoms with van der Waals surface area (Å²) >= 11 is 0. The summed E-state index contributed by atoms with van der Waals surface area (Å²) in [5.41, 5.74) is -2.71. The van der Waals surface area contributed by atoms with Crippen LogP contribution in [0.1, 0.15) is 59.3 Å². The summed E-state index contributed by atoms with van der Waals surface area (Å²) in [6.07, 6.45) is 4.03. The molecule has 2 N–H and O–H groups in total. The Bertz CT molecular complexity index is 499. The molecule has 3 rings (SSSR count). The van der Waals surface area contributed by atoms with Crippen LogP contribution in [-0.4, -0.2) is 33.5 Å². The summed E-state index contributed by atoms with van der Waals surface area (Å²) in [6, 6.07) is 0. The number of aldehydes is 1. The molecule has 22 heavy (non-hydrogen) atoms. The van der Waals surface area contributed by atoms with Crippen molar-refractivity contribution in [2.24, 2.45) is 29.1 Å². The molecule has 4 nitrogen and oxygen atoms in total. The first-order chi connectivity index (χ1) is 10.2. The van der Waals surface area contributed by atoms with E-state index >= 15 is 0 Å². The molecule has 0 bridgehead atoms. The number of aliphatic hydroxyl groups is 2. The Labute approximate surface area is 132 Å².